The summed E-state index contributed by atoms with van der Waals surface area (Å²) in [5.74, 6) is 0. The number of ether oxygens (including phenoxy) is 1. The van der Waals surface area contributed by atoms with Gasteiger partial charge in [0, 0.05) is 25.5 Å². The standard InChI is InChI=1S/C18H17Br3N2O2/c19-12-6-15(20)17(16(21)7-12)22-13-8-14(9-13)23-18(24)25-10-11-4-2-1-3-5-11/h1-7,13-14,22H,8-10H2,(H,23,24). The first kappa shape index (κ1) is 18.7. The molecule has 0 aliphatic heterocycles. The van der Waals surface area contributed by atoms with E-state index in [9.17, 15) is 4.79 Å². The highest BCUT2D eigenvalue weighted by atomic mass is 79.9. The molecule has 2 N–H and O–H groups in total. The molecule has 0 bridgehead atoms. The zero-order valence-electron chi connectivity index (χ0n) is 13.3. The Morgan fingerprint density at radius 3 is 2.32 bits per heavy atom. The van der Waals surface area contributed by atoms with Crippen molar-refractivity contribution in [2.75, 3.05) is 5.32 Å². The second-order valence-corrected chi connectivity index (χ2v) is 8.58. The van der Waals surface area contributed by atoms with E-state index in [-0.39, 0.29) is 12.1 Å². The van der Waals surface area contributed by atoms with Crippen molar-refractivity contribution in [1.82, 2.24) is 5.32 Å². The summed E-state index contributed by atoms with van der Waals surface area (Å²) in [5.41, 5.74) is 2.01. The minimum Gasteiger partial charge on any atom is -0.445 e. The third-order valence-electron chi connectivity index (χ3n) is 4.03. The number of carbonyl (C=O) groups is 1. The van der Waals surface area contributed by atoms with Crippen LogP contribution in [0.15, 0.2) is 55.9 Å². The second-order valence-electron chi connectivity index (χ2n) is 5.96. The van der Waals surface area contributed by atoms with Crippen LogP contribution in [-0.2, 0) is 11.3 Å². The quantitative estimate of drug-likeness (QED) is 0.508. The number of nitrogens with one attached hydrogen (secondary N) is 2. The molecule has 0 heterocycles. The fourth-order valence-electron chi connectivity index (χ4n) is 2.67. The van der Waals surface area contributed by atoms with Crippen molar-refractivity contribution in [2.24, 2.45) is 0 Å². The molecule has 132 valence electrons. The van der Waals surface area contributed by atoms with Gasteiger partial charge in [-0.1, -0.05) is 46.3 Å². The fraction of sp³-hybridized carbons (Fsp3) is 0.278. The summed E-state index contributed by atoms with van der Waals surface area (Å²) in [5, 5.41) is 6.41. The van der Waals surface area contributed by atoms with Gasteiger partial charge in [0.1, 0.15) is 6.61 Å². The molecule has 0 atom stereocenters. The Bertz CT molecular complexity index is 726. The van der Waals surface area contributed by atoms with Crippen molar-refractivity contribution in [1.29, 1.82) is 0 Å². The molecule has 0 unspecified atom stereocenters. The monoisotopic (exact) mass is 530 g/mol. The Hall–Kier alpha value is -1.05. The van der Waals surface area contributed by atoms with Crippen molar-refractivity contribution in [3.05, 3.63) is 61.4 Å². The van der Waals surface area contributed by atoms with Crippen molar-refractivity contribution in [2.45, 2.75) is 31.5 Å². The van der Waals surface area contributed by atoms with Gasteiger partial charge in [-0.3, -0.25) is 0 Å². The first-order valence-electron chi connectivity index (χ1n) is 7.89. The molecule has 1 fully saturated rings. The topological polar surface area (TPSA) is 50.4 Å². The van der Waals surface area contributed by atoms with E-state index in [0.717, 1.165) is 37.5 Å². The van der Waals surface area contributed by atoms with Crippen molar-refractivity contribution in [3.8, 4) is 0 Å². The summed E-state index contributed by atoms with van der Waals surface area (Å²) < 4.78 is 8.24. The minimum absolute atomic E-state index is 0.147. The van der Waals surface area contributed by atoms with E-state index in [1.165, 1.54) is 0 Å². The largest absolute Gasteiger partial charge is 0.445 e. The summed E-state index contributed by atoms with van der Waals surface area (Å²) in [6.07, 6.45) is 1.38. The Morgan fingerprint density at radius 1 is 1.04 bits per heavy atom. The van der Waals surface area contributed by atoms with E-state index in [4.69, 9.17) is 4.74 Å². The van der Waals surface area contributed by atoms with Gasteiger partial charge in [-0.25, -0.2) is 4.79 Å². The summed E-state index contributed by atoms with van der Waals surface area (Å²) >= 11 is 10.6. The summed E-state index contributed by atoms with van der Waals surface area (Å²) in [6, 6.07) is 14.1. The fourth-order valence-corrected chi connectivity index (χ4v) is 5.16. The lowest BCUT2D eigenvalue weighted by atomic mass is 9.86. The maximum Gasteiger partial charge on any atom is 0.407 e. The molecule has 1 aliphatic rings. The molecule has 7 heteroatoms. The van der Waals surface area contributed by atoms with Crippen LogP contribution in [0.2, 0.25) is 0 Å². The van der Waals surface area contributed by atoms with Gasteiger partial charge in [0.05, 0.1) is 5.69 Å². The lowest BCUT2D eigenvalue weighted by Crippen LogP contribution is -2.49. The van der Waals surface area contributed by atoms with Crippen LogP contribution < -0.4 is 10.6 Å². The van der Waals surface area contributed by atoms with Crippen LogP contribution in [0.4, 0.5) is 10.5 Å². The first-order chi connectivity index (χ1) is 12.0. The Kier molecular flexibility index (Phi) is 6.41. The Balaban J connectivity index is 1.42. The molecule has 2 aromatic carbocycles. The predicted octanol–water partition coefficient (Wildman–Crippen LogP) is 5.84. The van der Waals surface area contributed by atoms with Gasteiger partial charge in [0.15, 0.2) is 0 Å². The van der Waals surface area contributed by atoms with Crippen molar-refractivity contribution < 1.29 is 9.53 Å². The Morgan fingerprint density at radius 2 is 1.68 bits per heavy atom. The molecule has 0 aromatic heterocycles. The number of amides is 1. The van der Waals surface area contributed by atoms with Gasteiger partial charge in [0.25, 0.3) is 0 Å². The van der Waals surface area contributed by atoms with Gasteiger partial charge < -0.3 is 15.4 Å². The van der Waals surface area contributed by atoms with Crippen LogP contribution in [0.3, 0.4) is 0 Å². The molecular weight excluding hydrogens is 516 g/mol. The third kappa shape index (κ3) is 5.21. The molecule has 0 radical (unpaired) electrons. The summed E-state index contributed by atoms with van der Waals surface area (Å²) in [6.45, 7) is 0.292. The van der Waals surface area contributed by atoms with Crippen LogP contribution >= 0.6 is 47.8 Å². The van der Waals surface area contributed by atoms with Gasteiger partial charge in [-0.05, 0) is 62.4 Å². The average Bonchev–Trinajstić information content (AvgIpc) is 2.54. The molecular formula is C18H17Br3N2O2. The zero-order chi connectivity index (χ0) is 17.8. The molecule has 1 amide bonds. The molecule has 2 aromatic rings. The SMILES string of the molecule is O=C(NC1CC(Nc2c(Br)cc(Br)cc2Br)C1)OCc1ccccc1. The van der Waals surface area contributed by atoms with Crippen LogP contribution in [0.5, 0.6) is 0 Å². The second kappa shape index (κ2) is 8.56. The molecule has 4 nitrogen and oxygen atoms in total. The maximum absolute atomic E-state index is 11.9. The van der Waals surface area contributed by atoms with E-state index in [0.29, 0.717) is 12.6 Å². The zero-order valence-corrected chi connectivity index (χ0v) is 18.0. The molecule has 25 heavy (non-hydrogen) atoms. The van der Waals surface area contributed by atoms with E-state index >= 15 is 0 Å². The maximum atomic E-state index is 11.9. The van der Waals surface area contributed by atoms with Crippen LogP contribution in [0.25, 0.3) is 0 Å². The van der Waals surface area contributed by atoms with Crippen LogP contribution in [0, 0.1) is 0 Å². The molecule has 0 saturated heterocycles. The number of halogens is 3. The smallest absolute Gasteiger partial charge is 0.407 e. The van der Waals surface area contributed by atoms with E-state index < -0.39 is 0 Å². The molecule has 1 saturated carbocycles. The lowest BCUT2D eigenvalue weighted by molar-refractivity contribution is 0.129. The number of anilines is 1. The molecule has 0 spiro atoms. The minimum atomic E-state index is -0.363. The van der Waals surface area contributed by atoms with Crippen molar-refractivity contribution in [3.63, 3.8) is 0 Å². The highest BCUT2D eigenvalue weighted by Gasteiger charge is 2.31. The number of benzene rings is 2. The first-order valence-corrected chi connectivity index (χ1v) is 10.3. The average molecular weight is 533 g/mol. The van der Waals surface area contributed by atoms with Crippen LogP contribution in [-0.4, -0.2) is 18.2 Å². The number of hydrogen-bond acceptors (Lipinski definition) is 3. The van der Waals surface area contributed by atoms with E-state index in [2.05, 4.69) is 58.4 Å². The third-order valence-corrected chi connectivity index (χ3v) is 5.74. The number of carbonyl (C=O) groups excluding carboxylic acids is 1. The molecule has 1 aliphatic carbocycles. The summed E-state index contributed by atoms with van der Waals surface area (Å²) in [4.78, 5) is 11.9. The normalized spacial score (nSPS) is 19.0. The lowest BCUT2D eigenvalue weighted by Gasteiger charge is -2.37. The van der Waals surface area contributed by atoms with Gasteiger partial charge in [-0.15, -0.1) is 0 Å². The number of hydrogen-bond donors (Lipinski definition) is 2. The Labute approximate surface area is 172 Å². The van der Waals surface area contributed by atoms with Crippen molar-refractivity contribution >= 4 is 59.6 Å². The van der Waals surface area contributed by atoms with E-state index in [1.807, 2.05) is 42.5 Å². The number of alkyl carbamates (subject to hydrolysis) is 1. The predicted molar refractivity (Wildman–Crippen MR) is 110 cm³/mol. The van der Waals surface area contributed by atoms with Gasteiger partial charge in [0.2, 0.25) is 0 Å². The molecule has 3 rings (SSSR count). The van der Waals surface area contributed by atoms with E-state index in [1.54, 1.807) is 0 Å². The number of rotatable bonds is 5. The van der Waals surface area contributed by atoms with Crippen LogP contribution in [0.1, 0.15) is 18.4 Å². The van der Waals surface area contributed by atoms with Gasteiger partial charge >= 0.3 is 6.09 Å². The highest BCUT2D eigenvalue weighted by Crippen LogP contribution is 2.36. The highest BCUT2D eigenvalue weighted by molar-refractivity contribution is 9.11. The van der Waals surface area contributed by atoms with Gasteiger partial charge in [-0.2, -0.15) is 0 Å². The summed E-state index contributed by atoms with van der Waals surface area (Å²) in [7, 11) is 0.